The number of carbonyl (C=O) groups is 1. The molecule has 0 aromatic heterocycles. The summed E-state index contributed by atoms with van der Waals surface area (Å²) in [5, 5.41) is 6.33. The Bertz CT molecular complexity index is 206. The topological polar surface area (TPSA) is 44.4 Å². The maximum atomic E-state index is 11.5. The third kappa shape index (κ3) is 4.62. The molecule has 0 bridgehead atoms. The second-order valence-corrected chi connectivity index (χ2v) is 4.74. The second-order valence-electron chi connectivity index (χ2n) is 4.74. The molecule has 1 unspecified atom stereocenters. The molecule has 1 fully saturated rings. The van der Waals surface area contributed by atoms with Crippen LogP contribution in [0.25, 0.3) is 0 Å². The average molecular weight is 213 g/mol. The molecule has 1 aliphatic rings. The monoisotopic (exact) mass is 213 g/mol. The van der Waals surface area contributed by atoms with Gasteiger partial charge in [-0.25, -0.2) is 0 Å². The highest BCUT2D eigenvalue weighted by molar-refractivity contribution is 5.76. The van der Waals surface area contributed by atoms with Crippen molar-refractivity contribution in [1.82, 2.24) is 15.5 Å². The molecule has 1 atom stereocenters. The van der Waals surface area contributed by atoms with Crippen molar-refractivity contribution in [1.29, 1.82) is 0 Å². The van der Waals surface area contributed by atoms with Crippen LogP contribution in [0.3, 0.4) is 0 Å². The summed E-state index contributed by atoms with van der Waals surface area (Å²) >= 11 is 0. The SMILES string of the molecule is CC(C)CC(=O)NCC1CNCCN1C. The van der Waals surface area contributed by atoms with Crippen LogP contribution < -0.4 is 10.6 Å². The van der Waals surface area contributed by atoms with Crippen LogP contribution in [0.4, 0.5) is 0 Å². The fourth-order valence-electron chi connectivity index (χ4n) is 1.77. The number of nitrogens with one attached hydrogen (secondary N) is 2. The Kier molecular flexibility index (Phi) is 5.05. The van der Waals surface area contributed by atoms with Gasteiger partial charge < -0.3 is 10.6 Å². The Labute approximate surface area is 92.4 Å². The number of hydrogen-bond donors (Lipinski definition) is 2. The van der Waals surface area contributed by atoms with Crippen LogP contribution in [-0.2, 0) is 4.79 Å². The largest absolute Gasteiger partial charge is 0.354 e. The van der Waals surface area contributed by atoms with Crippen LogP contribution in [-0.4, -0.2) is 50.1 Å². The standard InChI is InChI=1S/C11H23N3O/c1-9(2)6-11(15)13-8-10-7-12-4-5-14(10)3/h9-10,12H,4-8H2,1-3H3,(H,13,15). The van der Waals surface area contributed by atoms with E-state index in [0.29, 0.717) is 18.4 Å². The molecule has 4 heteroatoms. The van der Waals surface area contributed by atoms with Crippen molar-refractivity contribution in [2.45, 2.75) is 26.3 Å². The molecule has 1 saturated heterocycles. The van der Waals surface area contributed by atoms with Gasteiger partial charge in [-0.1, -0.05) is 13.8 Å². The van der Waals surface area contributed by atoms with Gasteiger partial charge in [0.25, 0.3) is 0 Å². The Morgan fingerprint density at radius 2 is 2.33 bits per heavy atom. The first-order valence-corrected chi connectivity index (χ1v) is 5.77. The molecule has 0 saturated carbocycles. The van der Waals surface area contributed by atoms with Crippen molar-refractivity contribution in [3.63, 3.8) is 0 Å². The molecule has 0 radical (unpaired) electrons. The lowest BCUT2D eigenvalue weighted by Gasteiger charge is -2.33. The fraction of sp³-hybridized carbons (Fsp3) is 0.909. The average Bonchev–Trinajstić information content (AvgIpc) is 2.15. The van der Waals surface area contributed by atoms with Crippen molar-refractivity contribution >= 4 is 5.91 Å². The van der Waals surface area contributed by atoms with E-state index in [-0.39, 0.29) is 5.91 Å². The van der Waals surface area contributed by atoms with E-state index < -0.39 is 0 Å². The number of nitrogens with zero attached hydrogens (tertiary/aromatic N) is 1. The van der Waals surface area contributed by atoms with E-state index in [9.17, 15) is 4.79 Å². The van der Waals surface area contributed by atoms with Gasteiger partial charge in [-0.05, 0) is 13.0 Å². The van der Waals surface area contributed by atoms with Gasteiger partial charge in [-0.3, -0.25) is 9.69 Å². The van der Waals surface area contributed by atoms with E-state index in [1.165, 1.54) is 0 Å². The summed E-state index contributed by atoms with van der Waals surface area (Å²) < 4.78 is 0. The lowest BCUT2D eigenvalue weighted by molar-refractivity contribution is -0.122. The molecular formula is C11H23N3O. The number of amides is 1. The van der Waals surface area contributed by atoms with Crippen LogP contribution >= 0.6 is 0 Å². The van der Waals surface area contributed by atoms with Crippen molar-refractivity contribution < 1.29 is 4.79 Å². The van der Waals surface area contributed by atoms with E-state index in [1.807, 2.05) is 0 Å². The quantitative estimate of drug-likeness (QED) is 0.694. The molecule has 88 valence electrons. The summed E-state index contributed by atoms with van der Waals surface area (Å²) in [4.78, 5) is 13.8. The predicted octanol–water partition coefficient (Wildman–Crippen LogP) is 0.0523. The van der Waals surface area contributed by atoms with Gasteiger partial charge in [-0.15, -0.1) is 0 Å². The van der Waals surface area contributed by atoms with Crippen molar-refractivity contribution in [2.75, 3.05) is 33.2 Å². The summed E-state index contributed by atoms with van der Waals surface area (Å²) in [5.74, 6) is 0.608. The second kappa shape index (κ2) is 6.08. The van der Waals surface area contributed by atoms with Crippen LogP contribution in [0.1, 0.15) is 20.3 Å². The Morgan fingerprint density at radius 1 is 1.60 bits per heavy atom. The molecule has 0 spiro atoms. The predicted molar refractivity (Wildman–Crippen MR) is 61.8 cm³/mol. The maximum Gasteiger partial charge on any atom is 0.220 e. The van der Waals surface area contributed by atoms with E-state index in [2.05, 4.69) is 36.4 Å². The number of hydrogen-bond acceptors (Lipinski definition) is 3. The molecule has 4 nitrogen and oxygen atoms in total. The van der Waals surface area contributed by atoms with E-state index >= 15 is 0 Å². The molecule has 1 rings (SSSR count). The zero-order valence-electron chi connectivity index (χ0n) is 10.0. The number of likely N-dealkylation sites (N-methyl/N-ethyl adjacent to an activating group) is 1. The minimum atomic E-state index is 0.170. The first-order chi connectivity index (χ1) is 7.09. The lowest BCUT2D eigenvalue weighted by Crippen LogP contribution is -2.54. The fourth-order valence-corrected chi connectivity index (χ4v) is 1.77. The highest BCUT2D eigenvalue weighted by atomic mass is 16.1. The third-order valence-electron chi connectivity index (χ3n) is 2.77. The van der Waals surface area contributed by atoms with Gasteiger partial charge in [0.15, 0.2) is 0 Å². The summed E-state index contributed by atoms with van der Waals surface area (Å²) in [5.41, 5.74) is 0. The molecule has 1 amide bonds. The normalized spacial score (nSPS) is 23.1. The molecule has 1 heterocycles. The summed E-state index contributed by atoms with van der Waals surface area (Å²) in [6.45, 7) is 7.97. The highest BCUT2D eigenvalue weighted by Gasteiger charge is 2.18. The van der Waals surface area contributed by atoms with Gasteiger partial charge in [-0.2, -0.15) is 0 Å². The van der Waals surface area contributed by atoms with E-state index in [0.717, 1.165) is 26.2 Å². The zero-order chi connectivity index (χ0) is 11.3. The van der Waals surface area contributed by atoms with Gasteiger partial charge in [0.1, 0.15) is 0 Å². The van der Waals surface area contributed by atoms with Gasteiger partial charge in [0.05, 0.1) is 0 Å². The zero-order valence-corrected chi connectivity index (χ0v) is 10.0. The van der Waals surface area contributed by atoms with Crippen molar-refractivity contribution in [2.24, 2.45) is 5.92 Å². The number of carbonyl (C=O) groups excluding carboxylic acids is 1. The van der Waals surface area contributed by atoms with Crippen LogP contribution in [0.15, 0.2) is 0 Å². The van der Waals surface area contributed by atoms with Crippen molar-refractivity contribution in [3.05, 3.63) is 0 Å². The minimum Gasteiger partial charge on any atom is -0.354 e. The maximum absolute atomic E-state index is 11.5. The first-order valence-electron chi connectivity index (χ1n) is 5.77. The van der Waals surface area contributed by atoms with Crippen molar-refractivity contribution in [3.8, 4) is 0 Å². The molecule has 15 heavy (non-hydrogen) atoms. The number of rotatable bonds is 4. The highest BCUT2D eigenvalue weighted by Crippen LogP contribution is 2.00. The third-order valence-corrected chi connectivity index (χ3v) is 2.77. The van der Waals surface area contributed by atoms with Gasteiger partial charge in [0.2, 0.25) is 5.91 Å². The Balaban J connectivity index is 2.20. The van der Waals surface area contributed by atoms with Crippen LogP contribution in [0, 0.1) is 5.92 Å². The van der Waals surface area contributed by atoms with Crippen LogP contribution in [0.5, 0.6) is 0 Å². The molecule has 0 aromatic rings. The smallest absolute Gasteiger partial charge is 0.220 e. The van der Waals surface area contributed by atoms with Crippen LogP contribution in [0.2, 0.25) is 0 Å². The Morgan fingerprint density at radius 3 is 2.93 bits per heavy atom. The summed E-state index contributed by atoms with van der Waals surface area (Å²) in [6.07, 6.45) is 0.629. The molecule has 1 aliphatic heterocycles. The van der Waals surface area contributed by atoms with Gasteiger partial charge in [0, 0.05) is 38.6 Å². The molecule has 2 N–H and O–H groups in total. The molecule has 0 aromatic carbocycles. The minimum absolute atomic E-state index is 0.170. The summed E-state index contributed by atoms with van der Waals surface area (Å²) in [7, 11) is 2.11. The lowest BCUT2D eigenvalue weighted by atomic mass is 10.1. The van der Waals surface area contributed by atoms with E-state index in [1.54, 1.807) is 0 Å². The van der Waals surface area contributed by atoms with E-state index in [4.69, 9.17) is 0 Å². The summed E-state index contributed by atoms with van der Waals surface area (Å²) in [6, 6.07) is 0.440. The Hall–Kier alpha value is -0.610. The molecule has 0 aliphatic carbocycles. The van der Waals surface area contributed by atoms with Gasteiger partial charge >= 0.3 is 0 Å². The number of piperazine rings is 1. The molecular weight excluding hydrogens is 190 g/mol. The first kappa shape index (κ1) is 12.5.